The Kier molecular flexibility index (Phi) is 3.94. The van der Waals surface area contributed by atoms with Gasteiger partial charge in [-0.15, -0.1) is 5.10 Å². The van der Waals surface area contributed by atoms with Crippen LogP contribution in [0.4, 0.5) is 19.0 Å². The summed E-state index contributed by atoms with van der Waals surface area (Å²) in [7, 11) is -2.14. The summed E-state index contributed by atoms with van der Waals surface area (Å²) in [6, 6.07) is 7.70. The van der Waals surface area contributed by atoms with Crippen molar-refractivity contribution in [2.45, 2.75) is 6.18 Å². The first kappa shape index (κ1) is 17.2. The number of anilines is 1. The number of benzene rings is 1. The summed E-state index contributed by atoms with van der Waals surface area (Å²) in [5, 5.41) is 4.21. The first-order chi connectivity index (χ1) is 11.6. The average Bonchev–Trinajstić information content (AvgIpc) is 2.96. The van der Waals surface area contributed by atoms with E-state index in [1.165, 1.54) is 36.0 Å². The van der Waals surface area contributed by atoms with E-state index in [4.69, 9.17) is 0 Å². The normalized spacial score (nSPS) is 12.5. The molecule has 0 aliphatic rings. The fourth-order valence-electron chi connectivity index (χ4n) is 2.26. The number of hydrogen-bond donors (Lipinski definition) is 0. The van der Waals surface area contributed by atoms with Crippen LogP contribution in [0.1, 0.15) is 5.56 Å². The van der Waals surface area contributed by atoms with E-state index < -0.39 is 21.8 Å². The summed E-state index contributed by atoms with van der Waals surface area (Å²) in [6.45, 7) is 0. The van der Waals surface area contributed by atoms with Crippen LogP contribution < -0.4 is 4.31 Å². The molecule has 0 spiro atoms. The summed E-state index contributed by atoms with van der Waals surface area (Å²) in [6.07, 6.45) is -1.89. The van der Waals surface area contributed by atoms with E-state index in [1.807, 2.05) is 0 Å². The third kappa shape index (κ3) is 3.29. The minimum atomic E-state index is -4.41. The van der Waals surface area contributed by atoms with Gasteiger partial charge in [0.05, 0.1) is 17.5 Å². The molecule has 2 aromatic heterocycles. The molecule has 0 unspecified atom stereocenters. The quantitative estimate of drug-likeness (QED) is 0.711. The Balaban J connectivity index is 2.10. The molecule has 3 rings (SSSR count). The summed E-state index contributed by atoms with van der Waals surface area (Å²) in [5.41, 5.74) is 0.617. The van der Waals surface area contributed by atoms with Crippen molar-refractivity contribution in [1.82, 2.24) is 14.6 Å². The van der Waals surface area contributed by atoms with Gasteiger partial charge in [0.25, 0.3) is 0 Å². The van der Waals surface area contributed by atoms with Crippen molar-refractivity contribution in [3.8, 4) is 11.3 Å². The van der Waals surface area contributed by atoms with Gasteiger partial charge in [-0.05, 0) is 18.2 Å². The van der Waals surface area contributed by atoms with Crippen LogP contribution in [-0.4, -0.2) is 36.3 Å². The summed E-state index contributed by atoms with van der Waals surface area (Å²) in [5.74, 6) is 0.161. The zero-order chi connectivity index (χ0) is 18.4. The Bertz CT molecular complexity index is 1030. The largest absolute Gasteiger partial charge is 0.416 e. The molecule has 10 heteroatoms. The average molecular weight is 370 g/mol. The van der Waals surface area contributed by atoms with Crippen LogP contribution in [0.25, 0.3) is 16.9 Å². The molecule has 0 aliphatic carbocycles. The monoisotopic (exact) mass is 370 g/mol. The van der Waals surface area contributed by atoms with Gasteiger partial charge in [-0.25, -0.2) is 17.9 Å². The molecular weight excluding hydrogens is 357 g/mol. The van der Waals surface area contributed by atoms with E-state index in [0.717, 1.165) is 22.7 Å². The van der Waals surface area contributed by atoms with Crippen molar-refractivity contribution in [3.63, 3.8) is 0 Å². The molecule has 132 valence electrons. The maximum Gasteiger partial charge on any atom is 0.416 e. The first-order valence-electron chi connectivity index (χ1n) is 7.04. The Morgan fingerprint density at radius 2 is 1.76 bits per heavy atom. The fourth-order valence-corrected chi connectivity index (χ4v) is 2.68. The summed E-state index contributed by atoms with van der Waals surface area (Å²) >= 11 is 0. The van der Waals surface area contributed by atoms with E-state index >= 15 is 0 Å². The van der Waals surface area contributed by atoms with Gasteiger partial charge in [0.15, 0.2) is 11.5 Å². The molecule has 6 nitrogen and oxygen atoms in total. The van der Waals surface area contributed by atoms with Crippen LogP contribution >= 0.6 is 0 Å². The molecule has 0 saturated heterocycles. The highest BCUT2D eigenvalue weighted by Crippen LogP contribution is 2.31. The smallest absolute Gasteiger partial charge is 0.256 e. The third-order valence-corrected chi connectivity index (χ3v) is 4.86. The molecule has 0 aliphatic heterocycles. The lowest BCUT2D eigenvalue weighted by Gasteiger charge is -2.12. The van der Waals surface area contributed by atoms with E-state index in [9.17, 15) is 21.6 Å². The molecule has 0 fully saturated rings. The Hall–Kier alpha value is -2.62. The lowest BCUT2D eigenvalue weighted by Crippen LogP contribution is -2.25. The van der Waals surface area contributed by atoms with Crippen LogP contribution in [0.3, 0.4) is 0 Å². The highest BCUT2D eigenvalue weighted by molar-refractivity contribution is 7.92. The summed E-state index contributed by atoms with van der Waals surface area (Å²) < 4.78 is 63.7. The number of sulfonamides is 1. The van der Waals surface area contributed by atoms with E-state index in [-0.39, 0.29) is 5.82 Å². The number of alkyl halides is 3. The molecule has 25 heavy (non-hydrogen) atoms. The van der Waals surface area contributed by atoms with Crippen molar-refractivity contribution >= 4 is 21.5 Å². The fraction of sp³-hybridized carbons (Fsp3) is 0.200. The molecule has 0 bridgehead atoms. The zero-order valence-corrected chi connectivity index (χ0v) is 14.0. The Morgan fingerprint density at radius 1 is 1.12 bits per heavy atom. The predicted molar refractivity (Wildman–Crippen MR) is 86.7 cm³/mol. The Morgan fingerprint density at radius 3 is 2.32 bits per heavy atom. The third-order valence-electron chi connectivity index (χ3n) is 3.67. The van der Waals surface area contributed by atoms with Crippen LogP contribution in [0.2, 0.25) is 0 Å². The lowest BCUT2D eigenvalue weighted by atomic mass is 10.1. The van der Waals surface area contributed by atoms with E-state index in [2.05, 4.69) is 10.1 Å². The van der Waals surface area contributed by atoms with Gasteiger partial charge < -0.3 is 0 Å². The van der Waals surface area contributed by atoms with Crippen molar-refractivity contribution in [1.29, 1.82) is 0 Å². The second-order valence-corrected chi connectivity index (χ2v) is 7.42. The number of aromatic nitrogens is 3. The number of rotatable bonds is 3. The molecule has 0 N–H and O–H groups in total. The second kappa shape index (κ2) is 5.73. The molecule has 0 amide bonds. The lowest BCUT2D eigenvalue weighted by molar-refractivity contribution is -0.137. The van der Waals surface area contributed by atoms with Crippen LogP contribution in [0.5, 0.6) is 0 Å². The van der Waals surface area contributed by atoms with Crippen molar-refractivity contribution < 1.29 is 21.6 Å². The van der Waals surface area contributed by atoms with Gasteiger partial charge in [0.2, 0.25) is 10.0 Å². The van der Waals surface area contributed by atoms with Crippen LogP contribution in [0.15, 0.2) is 42.6 Å². The highest BCUT2D eigenvalue weighted by atomic mass is 32.2. The number of halogens is 3. The SMILES string of the molecule is CN(c1cc2nccc(-c3ccc(C(F)(F)F)cc3)n2n1)S(C)(=O)=O. The minimum absolute atomic E-state index is 0.161. The van der Waals surface area contributed by atoms with Crippen LogP contribution in [-0.2, 0) is 16.2 Å². The van der Waals surface area contributed by atoms with Crippen molar-refractivity contribution in [2.24, 2.45) is 0 Å². The summed E-state index contributed by atoms with van der Waals surface area (Å²) in [4.78, 5) is 4.11. The van der Waals surface area contributed by atoms with Gasteiger partial charge >= 0.3 is 6.18 Å². The van der Waals surface area contributed by atoms with Gasteiger partial charge in [-0.3, -0.25) is 4.31 Å². The van der Waals surface area contributed by atoms with Crippen molar-refractivity contribution in [3.05, 3.63) is 48.2 Å². The topological polar surface area (TPSA) is 67.6 Å². The van der Waals surface area contributed by atoms with Crippen molar-refractivity contribution in [2.75, 3.05) is 17.6 Å². The molecule has 3 aromatic rings. The molecule has 0 atom stereocenters. The molecular formula is C15H13F3N4O2S. The van der Waals surface area contributed by atoms with E-state index in [1.54, 1.807) is 6.07 Å². The Labute approximate surface area is 141 Å². The van der Waals surface area contributed by atoms with Gasteiger partial charge in [-0.2, -0.15) is 13.2 Å². The van der Waals surface area contributed by atoms with Gasteiger partial charge in [-0.1, -0.05) is 12.1 Å². The van der Waals surface area contributed by atoms with Crippen LogP contribution in [0, 0.1) is 0 Å². The number of hydrogen-bond acceptors (Lipinski definition) is 4. The molecule has 1 aromatic carbocycles. The molecule has 2 heterocycles. The van der Waals surface area contributed by atoms with Gasteiger partial charge in [0, 0.05) is 24.9 Å². The standard InChI is InChI=1S/C15H13F3N4O2S/c1-21(25(2,23)24)14-9-13-19-8-7-12(22(13)20-14)10-3-5-11(6-4-10)15(16,17)18/h3-9H,1-2H3. The second-order valence-electron chi connectivity index (χ2n) is 5.41. The molecule has 0 saturated carbocycles. The van der Waals surface area contributed by atoms with Gasteiger partial charge in [0.1, 0.15) is 0 Å². The maximum absolute atomic E-state index is 12.7. The first-order valence-corrected chi connectivity index (χ1v) is 8.88. The predicted octanol–water partition coefficient (Wildman–Crippen LogP) is 2.81. The number of nitrogens with zero attached hydrogens (tertiary/aromatic N) is 4. The maximum atomic E-state index is 12.7. The zero-order valence-electron chi connectivity index (χ0n) is 13.2. The minimum Gasteiger partial charge on any atom is -0.256 e. The highest BCUT2D eigenvalue weighted by Gasteiger charge is 2.30. The number of fused-ring (bicyclic) bond motifs is 1. The molecule has 0 radical (unpaired) electrons. The van der Waals surface area contributed by atoms with E-state index in [0.29, 0.717) is 16.9 Å².